The molecular formula is C29H48N6O11. The van der Waals surface area contributed by atoms with Gasteiger partial charge in [0.25, 0.3) is 0 Å². The SMILES string of the molecule is CC[C@H](C)[C@H](NC(C)=O)C(=O)N[C@@H](CO)C(=O)N[C@@H](CCC(N)=O)C(=O)N[C@@H](CC(C)C)C(=O)N[C@@H](CC(=O)C1(C)CO1)C(=O)O. The molecule has 1 unspecified atom stereocenters. The van der Waals surface area contributed by atoms with Crippen LogP contribution in [-0.2, 0) is 43.1 Å². The number of carboxylic acid groups (broad SMARTS) is 1. The van der Waals surface area contributed by atoms with Gasteiger partial charge >= 0.3 is 5.97 Å². The van der Waals surface area contributed by atoms with Crippen LogP contribution >= 0.6 is 0 Å². The first-order valence-electron chi connectivity index (χ1n) is 15.1. The first-order chi connectivity index (χ1) is 21.3. The summed E-state index contributed by atoms with van der Waals surface area (Å²) in [6, 6.07) is -6.97. The highest BCUT2D eigenvalue weighted by molar-refractivity contribution is 5.97. The fourth-order valence-corrected chi connectivity index (χ4v) is 4.32. The Balaban J connectivity index is 3.13. The summed E-state index contributed by atoms with van der Waals surface area (Å²) in [5.41, 5.74) is 4.13. The molecule has 7 atom stereocenters. The average Bonchev–Trinajstić information content (AvgIpc) is 3.72. The second kappa shape index (κ2) is 18.1. The number of Topliss-reactive ketones (excluding diaryl/α,β-unsaturated/α-hetero) is 1. The molecule has 1 fully saturated rings. The van der Waals surface area contributed by atoms with Crippen molar-refractivity contribution in [2.75, 3.05) is 13.2 Å². The molecule has 0 aromatic rings. The zero-order valence-corrected chi connectivity index (χ0v) is 27.1. The molecule has 0 bridgehead atoms. The molecule has 1 heterocycles. The second-order valence-electron chi connectivity index (χ2n) is 12.1. The zero-order chi connectivity index (χ0) is 35.4. The number of aliphatic hydroxyl groups excluding tert-OH is 1. The van der Waals surface area contributed by atoms with E-state index in [1.165, 1.54) is 13.8 Å². The Kier molecular flexibility index (Phi) is 15.7. The van der Waals surface area contributed by atoms with Crippen molar-refractivity contribution in [2.24, 2.45) is 17.6 Å². The Morgan fingerprint density at radius 3 is 1.78 bits per heavy atom. The van der Waals surface area contributed by atoms with Crippen molar-refractivity contribution in [3.8, 4) is 0 Å². The fraction of sp³-hybridized carbons (Fsp3) is 0.724. The van der Waals surface area contributed by atoms with E-state index >= 15 is 0 Å². The number of aliphatic carboxylic acids is 1. The first-order valence-corrected chi connectivity index (χ1v) is 15.1. The molecule has 9 N–H and O–H groups in total. The maximum absolute atomic E-state index is 13.4. The number of carbonyl (C=O) groups excluding carboxylic acids is 7. The average molecular weight is 657 g/mol. The summed E-state index contributed by atoms with van der Waals surface area (Å²) in [5, 5.41) is 31.4. The first kappa shape index (κ1) is 39.9. The number of nitrogens with one attached hydrogen (secondary N) is 5. The van der Waals surface area contributed by atoms with E-state index in [4.69, 9.17) is 10.5 Å². The molecule has 0 saturated carbocycles. The van der Waals surface area contributed by atoms with E-state index in [9.17, 15) is 48.6 Å². The van der Waals surface area contributed by atoms with Crippen LogP contribution in [0, 0.1) is 11.8 Å². The molecule has 0 spiro atoms. The lowest BCUT2D eigenvalue weighted by Gasteiger charge is -2.27. The quantitative estimate of drug-likeness (QED) is 0.0604. The van der Waals surface area contributed by atoms with Crippen molar-refractivity contribution in [3.05, 3.63) is 0 Å². The van der Waals surface area contributed by atoms with Crippen molar-refractivity contribution in [2.45, 2.75) is 109 Å². The van der Waals surface area contributed by atoms with Crippen LogP contribution < -0.4 is 32.3 Å². The van der Waals surface area contributed by atoms with Gasteiger partial charge in [-0.1, -0.05) is 34.1 Å². The number of hydrogen-bond acceptors (Lipinski definition) is 10. The minimum absolute atomic E-state index is 0.0324. The van der Waals surface area contributed by atoms with Crippen LogP contribution in [0.3, 0.4) is 0 Å². The van der Waals surface area contributed by atoms with Gasteiger partial charge in [-0.2, -0.15) is 0 Å². The van der Waals surface area contributed by atoms with Crippen LogP contribution in [0.2, 0.25) is 0 Å². The number of ketones is 1. The fourth-order valence-electron chi connectivity index (χ4n) is 4.32. The number of epoxide rings is 1. The van der Waals surface area contributed by atoms with Crippen molar-refractivity contribution in [3.63, 3.8) is 0 Å². The lowest BCUT2D eigenvalue weighted by molar-refractivity contribution is -0.144. The molecule has 1 aliphatic heterocycles. The number of amides is 6. The van der Waals surface area contributed by atoms with Crippen molar-refractivity contribution in [1.29, 1.82) is 0 Å². The van der Waals surface area contributed by atoms with Crippen LogP contribution in [0.4, 0.5) is 0 Å². The Morgan fingerprint density at radius 2 is 1.33 bits per heavy atom. The lowest BCUT2D eigenvalue weighted by atomic mass is 9.98. The van der Waals surface area contributed by atoms with Gasteiger partial charge in [0.2, 0.25) is 35.4 Å². The number of primary amides is 1. The highest BCUT2D eigenvalue weighted by Gasteiger charge is 2.48. The number of rotatable bonds is 21. The monoisotopic (exact) mass is 656 g/mol. The van der Waals surface area contributed by atoms with Crippen LogP contribution in [0.25, 0.3) is 0 Å². The molecule has 0 aromatic carbocycles. The lowest BCUT2D eigenvalue weighted by Crippen LogP contribution is -2.60. The molecule has 0 radical (unpaired) electrons. The number of ether oxygens (including phenoxy) is 1. The number of carbonyl (C=O) groups is 8. The largest absolute Gasteiger partial charge is 0.480 e. The highest BCUT2D eigenvalue weighted by atomic mass is 16.6. The number of hydrogen-bond donors (Lipinski definition) is 8. The molecule has 260 valence electrons. The summed E-state index contributed by atoms with van der Waals surface area (Å²) in [4.78, 5) is 99.9. The van der Waals surface area contributed by atoms with Gasteiger partial charge in [0.1, 0.15) is 35.8 Å². The van der Waals surface area contributed by atoms with Gasteiger partial charge in [0.05, 0.1) is 13.2 Å². The Labute approximate surface area is 267 Å². The summed E-state index contributed by atoms with van der Waals surface area (Å²) in [7, 11) is 0. The van der Waals surface area contributed by atoms with E-state index in [0.29, 0.717) is 6.42 Å². The van der Waals surface area contributed by atoms with Crippen LogP contribution in [0.1, 0.15) is 73.6 Å². The number of nitrogens with two attached hydrogens (primary N) is 1. The summed E-state index contributed by atoms with van der Waals surface area (Å²) >= 11 is 0. The molecule has 17 heteroatoms. The smallest absolute Gasteiger partial charge is 0.326 e. The van der Waals surface area contributed by atoms with Gasteiger partial charge < -0.3 is 47.3 Å². The summed E-state index contributed by atoms with van der Waals surface area (Å²) in [6.07, 6.45) is -0.693. The van der Waals surface area contributed by atoms with Gasteiger partial charge in [-0.25, -0.2) is 4.79 Å². The summed E-state index contributed by atoms with van der Waals surface area (Å²) in [5.74, 6) is -7.38. The van der Waals surface area contributed by atoms with E-state index in [1.807, 2.05) is 0 Å². The van der Waals surface area contributed by atoms with Gasteiger partial charge in [-0.3, -0.25) is 33.6 Å². The Bertz CT molecular complexity index is 1160. The summed E-state index contributed by atoms with van der Waals surface area (Å²) < 4.78 is 5.05. The minimum Gasteiger partial charge on any atom is -0.480 e. The van der Waals surface area contributed by atoms with E-state index in [1.54, 1.807) is 27.7 Å². The van der Waals surface area contributed by atoms with Crippen LogP contribution in [0.15, 0.2) is 0 Å². The van der Waals surface area contributed by atoms with Crippen molar-refractivity contribution in [1.82, 2.24) is 26.6 Å². The predicted molar refractivity (Wildman–Crippen MR) is 161 cm³/mol. The molecule has 6 amide bonds. The van der Waals surface area contributed by atoms with E-state index < -0.39 is 96.0 Å². The van der Waals surface area contributed by atoms with Crippen molar-refractivity contribution < 1.29 is 53.3 Å². The molecule has 1 aliphatic rings. The third kappa shape index (κ3) is 13.1. The van der Waals surface area contributed by atoms with E-state index in [0.717, 1.165) is 0 Å². The van der Waals surface area contributed by atoms with Gasteiger partial charge in [-0.05, 0) is 31.6 Å². The molecule has 17 nitrogen and oxygen atoms in total. The Morgan fingerprint density at radius 1 is 0.826 bits per heavy atom. The normalized spacial score (nSPS) is 19.3. The van der Waals surface area contributed by atoms with E-state index in [2.05, 4.69) is 26.6 Å². The molecule has 1 saturated heterocycles. The molecular weight excluding hydrogens is 608 g/mol. The number of aliphatic hydroxyl groups is 1. The van der Waals surface area contributed by atoms with Gasteiger partial charge in [0.15, 0.2) is 5.78 Å². The Hall–Kier alpha value is -4.12. The summed E-state index contributed by atoms with van der Waals surface area (Å²) in [6.45, 7) is 8.95. The molecule has 46 heavy (non-hydrogen) atoms. The third-order valence-electron chi connectivity index (χ3n) is 7.49. The van der Waals surface area contributed by atoms with E-state index in [-0.39, 0.29) is 37.7 Å². The maximum atomic E-state index is 13.4. The maximum Gasteiger partial charge on any atom is 0.326 e. The minimum atomic E-state index is -1.61. The van der Waals surface area contributed by atoms with Gasteiger partial charge in [0, 0.05) is 19.8 Å². The molecule has 0 aliphatic carbocycles. The third-order valence-corrected chi connectivity index (χ3v) is 7.49. The molecule has 1 rings (SSSR count). The predicted octanol–water partition coefficient (Wildman–Crippen LogP) is -2.39. The molecule has 0 aromatic heterocycles. The van der Waals surface area contributed by atoms with Gasteiger partial charge in [-0.15, -0.1) is 0 Å². The second-order valence-corrected chi connectivity index (χ2v) is 12.1. The zero-order valence-electron chi connectivity index (χ0n) is 27.1. The van der Waals surface area contributed by atoms with Crippen LogP contribution in [-0.4, -0.2) is 106 Å². The van der Waals surface area contributed by atoms with Crippen molar-refractivity contribution >= 4 is 47.2 Å². The standard InChI is InChI=1S/C29H48N6O11/c1-7-15(4)23(31-16(5)37)27(43)35-20(12-36)26(42)32-17(8-9-22(30)39)24(40)33-18(10-14(2)3)25(41)34-19(28(44)45)11-21(38)29(6)13-46-29/h14-15,17-20,23,36H,7-13H2,1-6H3,(H2,30,39)(H,31,37)(H,32,42)(H,33,40)(H,34,41)(H,35,43)(H,44,45)/t15-,17-,18-,19-,20-,23-,29?/m0/s1. The number of carboxylic acids is 1. The van der Waals surface area contributed by atoms with Crippen LogP contribution in [0.5, 0.6) is 0 Å². The topological polar surface area (TPSA) is 276 Å². The highest BCUT2D eigenvalue weighted by Crippen LogP contribution is 2.28.